The lowest BCUT2D eigenvalue weighted by atomic mass is 10.2. The number of nitrogens with zero attached hydrogens (tertiary/aromatic N) is 3. The zero-order chi connectivity index (χ0) is 22.0. The molecule has 31 heavy (non-hydrogen) atoms. The zero-order valence-corrected chi connectivity index (χ0v) is 17.9. The first kappa shape index (κ1) is 20.4. The van der Waals surface area contributed by atoms with Gasteiger partial charge in [-0.15, -0.1) is 0 Å². The summed E-state index contributed by atoms with van der Waals surface area (Å²) in [5.74, 6) is 0.111. The summed E-state index contributed by atoms with van der Waals surface area (Å²) in [4.78, 5) is 33.2. The van der Waals surface area contributed by atoms with Crippen LogP contribution < -0.4 is 15.1 Å². The molecule has 154 valence electrons. The molecule has 7 heteroatoms. The number of nitrogens with one attached hydrogen (secondary N) is 1. The highest BCUT2D eigenvalue weighted by atomic mass is 32.1. The maximum absolute atomic E-state index is 13.4. The molecule has 4 amide bonds. The highest BCUT2D eigenvalue weighted by molar-refractivity contribution is 7.82. The molecule has 1 saturated heterocycles. The number of para-hydroxylation sites is 1. The molecule has 1 aliphatic rings. The first-order valence-electron chi connectivity index (χ1n) is 9.70. The van der Waals surface area contributed by atoms with E-state index in [9.17, 15) is 9.59 Å². The van der Waals surface area contributed by atoms with Gasteiger partial charge < -0.3 is 5.32 Å². The van der Waals surface area contributed by atoms with Gasteiger partial charge in [0.05, 0.1) is 11.4 Å². The highest BCUT2D eigenvalue weighted by Gasteiger charge is 2.42. The van der Waals surface area contributed by atoms with E-state index in [-0.39, 0.29) is 16.9 Å². The van der Waals surface area contributed by atoms with E-state index < -0.39 is 6.03 Å². The number of rotatable bonds is 3. The minimum absolute atomic E-state index is 0.111. The Balaban J connectivity index is 1.74. The molecular weight excluding hydrogens is 408 g/mol. The van der Waals surface area contributed by atoms with E-state index in [4.69, 9.17) is 12.2 Å². The number of amides is 4. The molecule has 0 bridgehead atoms. The maximum Gasteiger partial charge on any atom is 0.347 e. The lowest BCUT2D eigenvalue weighted by molar-refractivity contribution is 0.257. The minimum atomic E-state index is -0.608. The molecule has 0 atom stereocenters. The first-order chi connectivity index (χ1) is 14.9. The molecule has 1 N–H and O–H groups in total. The molecule has 3 aromatic carbocycles. The molecule has 6 nitrogen and oxygen atoms in total. The van der Waals surface area contributed by atoms with E-state index in [1.54, 1.807) is 24.3 Å². The second kappa shape index (κ2) is 8.49. The second-order valence-electron chi connectivity index (χ2n) is 7.17. The molecule has 1 heterocycles. The third-order valence-electron chi connectivity index (χ3n) is 4.74. The van der Waals surface area contributed by atoms with Crippen molar-refractivity contribution >= 4 is 52.2 Å². The Kier molecular flexibility index (Phi) is 5.60. The molecule has 0 aliphatic carbocycles. The predicted molar refractivity (Wildman–Crippen MR) is 128 cm³/mol. The Morgan fingerprint density at radius 2 is 1.48 bits per heavy atom. The SMILES string of the molecule is Cc1cccc(NC(=O)/N=C2\C(=S)N(c3ccccc3)C(=O)N2c2cccc(C)c2)c1. The highest BCUT2D eigenvalue weighted by Crippen LogP contribution is 2.29. The normalized spacial score (nSPS) is 15.0. The van der Waals surface area contributed by atoms with Gasteiger partial charge in [-0.25, -0.2) is 19.4 Å². The molecule has 1 aliphatic heterocycles. The van der Waals surface area contributed by atoms with Gasteiger partial charge in [-0.2, -0.15) is 4.99 Å². The van der Waals surface area contributed by atoms with E-state index in [0.717, 1.165) is 11.1 Å². The van der Waals surface area contributed by atoms with E-state index in [1.165, 1.54) is 9.80 Å². The summed E-state index contributed by atoms with van der Waals surface area (Å²) in [5.41, 5.74) is 3.80. The van der Waals surface area contributed by atoms with Crippen molar-refractivity contribution in [2.24, 2.45) is 4.99 Å². The van der Waals surface area contributed by atoms with E-state index >= 15 is 0 Å². The zero-order valence-electron chi connectivity index (χ0n) is 17.1. The topological polar surface area (TPSA) is 65.0 Å². The van der Waals surface area contributed by atoms with Crippen LogP contribution >= 0.6 is 12.2 Å². The molecular formula is C24H20N4O2S. The number of hydrogen-bond donors (Lipinski definition) is 1. The Hall–Kier alpha value is -3.84. The van der Waals surface area contributed by atoms with Crippen molar-refractivity contribution in [3.8, 4) is 0 Å². The lowest BCUT2D eigenvalue weighted by Crippen LogP contribution is -2.33. The van der Waals surface area contributed by atoms with Crippen LogP contribution in [0.15, 0.2) is 83.9 Å². The summed E-state index contributed by atoms with van der Waals surface area (Å²) in [6.07, 6.45) is 0. The lowest BCUT2D eigenvalue weighted by Gasteiger charge is -2.17. The predicted octanol–water partition coefficient (Wildman–Crippen LogP) is 5.71. The number of anilines is 3. The summed E-state index contributed by atoms with van der Waals surface area (Å²) in [6, 6.07) is 22.9. The number of urea groups is 2. The van der Waals surface area contributed by atoms with Crippen LogP contribution in [0.3, 0.4) is 0 Å². The third kappa shape index (κ3) is 4.22. The molecule has 0 saturated carbocycles. The summed E-state index contributed by atoms with van der Waals surface area (Å²) < 4.78 is 0. The van der Waals surface area contributed by atoms with Gasteiger partial charge in [-0.05, 0) is 61.4 Å². The van der Waals surface area contributed by atoms with Crippen LogP contribution in [0.5, 0.6) is 0 Å². The van der Waals surface area contributed by atoms with E-state index in [2.05, 4.69) is 10.3 Å². The number of aliphatic imine (C=N–C) groups is 1. The number of carbonyl (C=O) groups excluding carboxylic acids is 2. The van der Waals surface area contributed by atoms with Gasteiger partial charge >= 0.3 is 12.1 Å². The minimum Gasteiger partial charge on any atom is -0.306 e. The number of thiocarbonyl (C=S) groups is 1. The standard InChI is InChI=1S/C24H20N4O2S/c1-16-8-6-10-18(14-16)25-23(29)26-21-22(31)28(19-11-4-3-5-12-19)24(30)27(21)20-13-7-9-17(2)15-20/h3-15H,1-2H3,(H,25,29)/b26-21+. The van der Waals surface area contributed by atoms with Crippen LogP contribution in [0.25, 0.3) is 0 Å². The van der Waals surface area contributed by atoms with Crippen molar-refractivity contribution in [2.45, 2.75) is 13.8 Å². The molecule has 0 spiro atoms. The summed E-state index contributed by atoms with van der Waals surface area (Å²) in [5, 5.41) is 2.74. The molecule has 1 fully saturated rings. The van der Waals surface area contributed by atoms with Crippen LogP contribution in [0.4, 0.5) is 26.7 Å². The van der Waals surface area contributed by atoms with Crippen LogP contribution in [-0.2, 0) is 0 Å². The molecule has 0 unspecified atom stereocenters. The first-order valence-corrected chi connectivity index (χ1v) is 10.1. The fraction of sp³-hybridized carbons (Fsp3) is 0.0833. The number of amidine groups is 1. The van der Waals surface area contributed by atoms with Crippen molar-refractivity contribution in [3.05, 3.63) is 90.0 Å². The number of benzene rings is 3. The van der Waals surface area contributed by atoms with Crippen molar-refractivity contribution < 1.29 is 9.59 Å². The average Bonchev–Trinajstić information content (AvgIpc) is 2.98. The van der Waals surface area contributed by atoms with E-state index in [1.807, 2.05) is 68.4 Å². The van der Waals surface area contributed by atoms with Crippen molar-refractivity contribution in [3.63, 3.8) is 0 Å². The van der Waals surface area contributed by atoms with Crippen LogP contribution in [0, 0.1) is 13.8 Å². The molecule has 0 aromatic heterocycles. The third-order valence-corrected chi connectivity index (χ3v) is 5.10. The van der Waals surface area contributed by atoms with Gasteiger partial charge in [0, 0.05) is 5.69 Å². The number of hydrogen-bond acceptors (Lipinski definition) is 3. The molecule has 4 rings (SSSR count). The monoisotopic (exact) mass is 428 g/mol. The summed E-state index contributed by atoms with van der Waals surface area (Å²) >= 11 is 5.59. The second-order valence-corrected chi connectivity index (χ2v) is 7.55. The van der Waals surface area contributed by atoms with E-state index in [0.29, 0.717) is 17.1 Å². The van der Waals surface area contributed by atoms with Crippen molar-refractivity contribution in [2.75, 3.05) is 15.1 Å². The molecule has 0 radical (unpaired) electrons. The Bertz CT molecular complexity index is 1210. The number of aryl methyl sites for hydroxylation is 2. The number of carbonyl (C=O) groups is 2. The van der Waals surface area contributed by atoms with Gasteiger partial charge in [0.1, 0.15) is 0 Å². The van der Waals surface area contributed by atoms with Gasteiger partial charge in [-0.3, -0.25) is 0 Å². The van der Waals surface area contributed by atoms with Crippen LogP contribution in [0.2, 0.25) is 0 Å². The Labute approximate surface area is 185 Å². The smallest absolute Gasteiger partial charge is 0.306 e. The van der Waals surface area contributed by atoms with Crippen molar-refractivity contribution in [1.82, 2.24) is 0 Å². The fourth-order valence-corrected chi connectivity index (χ4v) is 3.67. The quantitative estimate of drug-likeness (QED) is 0.544. The largest absolute Gasteiger partial charge is 0.347 e. The fourth-order valence-electron chi connectivity index (χ4n) is 3.35. The van der Waals surface area contributed by atoms with Gasteiger partial charge in [0.2, 0.25) is 0 Å². The summed E-state index contributed by atoms with van der Waals surface area (Å²) in [7, 11) is 0. The molecule has 3 aromatic rings. The van der Waals surface area contributed by atoms with Gasteiger partial charge in [-0.1, -0.05) is 54.7 Å². The van der Waals surface area contributed by atoms with Crippen LogP contribution in [0.1, 0.15) is 11.1 Å². The Morgan fingerprint density at radius 1 is 0.839 bits per heavy atom. The Morgan fingerprint density at radius 3 is 2.16 bits per heavy atom. The maximum atomic E-state index is 13.4. The van der Waals surface area contributed by atoms with Gasteiger partial charge in [0.15, 0.2) is 10.8 Å². The van der Waals surface area contributed by atoms with Gasteiger partial charge in [0.25, 0.3) is 0 Å². The van der Waals surface area contributed by atoms with Crippen molar-refractivity contribution in [1.29, 1.82) is 0 Å². The van der Waals surface area contributed by atoms with Crippen LogP contribution in [-0.4, -0.2) is 22.9 Å². The average molecular weight is 429 g/mol. The summed E-state index contributed by atoms with van der Waals surface area (Å²) in [6.45, 7) is 3.86.